The summed E-state index contributed by atoms with van der Waals surface area (Å²) in [7, 11) is 0. The molecular formula is C3H3N6S+. The molecule has 2 aromatic rings. The van der Waals surface area contributed by atoms with E-state index in [4.69, 9.17) is 0 Å². The average Bonchev–Trinajstić information content (AvgIpc) is 2.59. The Balaban J connectivity index is 2.48. The lowest BCUT2D eigenvalue weighted by Crippen LogP contribution is -2.30. The molecule has 0 aliphatic carbocycles. The Morgan fingerprint density at radius 2 is 2.60 bits per heavy atom. The molecule has 0 bridgehead atoms. The first-order valence-electron chi connectivity index (χ1n) is 2.53. The van der Waals surface area contributed by atoms with E-state index in [0.717, 1.165) is 0 Å². The molecular weight excluding hydrogens is 152 g/mol. The van der Waals surface area contributed by atoms with Gasteiger partial charge in [-0.2, -0.15) is 0 Å². The standard InChI is InChI=1S/C3H3N6S/c1-2-10-9(4-1)3-5-7-8-6-3/h1-2H,(H,5,6,7,8)/q+1. The Kier molecular flexibility index (Phi) is 1.14. The maximum atomic E-state index is 3.91. The second kappa shape index (κ2) is 2.10. The summed E-state index contributed by atoms with van der Waals surface area (Å²) >= 11 is 1.40. The highest BCUT2D eigenvalue weighted by Gasteiger charge is 2.12. The van der Waals surface area contributed by atoms with Crippen molar-refractivity contribution < 1.29 is 4.07 Å². The second-order valence-electron chi connectivity index (χ2n) is 1.49. The Morgan fingerprint density at radius 3 is 3.20 bits per heavy atom. The van der Waals surface area contributed by atoms with E-state index < -0.39 is 0 Å². The fourth-order valence-electron chi connectivity index (χ4n) is 0.536. The lowest BCUT2D eigenvalue weighted by atomic mass is 11.0. The zero-order chi connectivity index (χ0) is 6.81. The molecule has 1 N–H and O–H groups in total. The molecule has 0 aromatic carbocycles. The highest BCUT2D eigenvalue weighted by atomic mass is 32.1. The van der Waals surface area contributed by atoms with Crippen molar-refractivity contribution in [2.24, 2.45) is 0 Å². The summed E-state index contributed by atoms with van der Waals surface area (Å²) in [6.07, 6.45) is 1.67. The zero-order valence-corrected chi connectivity index (χ0v) is 5.62. The van der Waals surface area contributed by atoms with Crippen molar-refractivity contribution in [1.82, 2.24) is 25.7 Å². The predicted octanol–water partition coefficient (Wildman–Crippen LogP) is -1.07. The van der Waals surface area contributed by atoms with Crippen LogP contribution < -0.4 is 4.07 Å². The normalized spacial score (nSPS) is 10.0. The summed E-state index contributed by atoms with van der Waals surface area (Å²) < 4.78 is 1.56. The molecule has 0 spiro atoms. The third kappa shape index (κ3) is 0.760. The van der Waals surface area contributed by atoms with Crippen LogP contribution in [0.25, 0.3) is 5.95 Å². The van der Waals surface area contributed by atoms with E-state index in [9.17, 15) is 0 Å². The number of tetrazole rings is 1. The van der Waals surface area contributed by atoms with Crippen LogP contribution in [0.3, 0.4) is 0 Å². The molecule has 0 amide bonds. The molecule has 2 heterocycles. The van der Waals surface area contributed by atoms with Gasteiger partial charge in [-0.05, 0) is 4.07 Å². The van der Waals surface area contributed by atoms with Crippen molar-refractivity contribution >= 4 is 11.5 Å². The van der Waals surface area contributed by atoms with Gasteiger partial charge in [0.2, 0.25) is 0 Å². The number of aromatic nitrogens is 6. The molecule has 2 aromatic heterocycles. The van der Waals surface area contributed by atoms with Gasteiger partial charge in [0.05, 0.1) is 11.3 Å². The number of aromatic amines is 1. The van der Waals surface area contributed by atoms with Crippen molar-refractivity contribution in [3.8, 4) is 5.95 Å². The molecule has 10 heavy (non-hydrogen) atoms. The summed E-state index contributed by atoms with van der Waals surface area (Å²) in [5.74, 6) is 0.468. The van der Waals surface area contributed by atoms with E-state index in [1.165, 1.54) is 11.5 Å². The minimum Gasteiger partial charge on any atom is -0.101 e. The summed E-state index contributed by atoms with van der Waals surface area (Å²) in [5.41, 5.74) is 0. The Morgan fingerprint density at radius 1 is 1.60 bits per heavy atom. The highest BCUT2D eigenvalue weighted by Crippen LogP contribution is 1.86. The zero-order valence-electron chi connectivity index (χ0n) is 4.80. The first-order chi connectivity index (χ1) is 4.97. The molecule has 50 valence electrons. The maximum absolute atomic E-state index is 3.91. The van der Waals surface area contributed by atoms with Crippen LogP contribution in [0, 0.1) is 0 Å². The van der Waals surface area contributed by atoms with Crippen molar-refractivity contribution in [3.63, 3.8) is 0 Å². The number of nitrogens with zero attached hydrogens (tertiary/aromatic N) is 5. The molecule has 0 atom stereocenters. The van der Waals surface area contributed by atoms with E-state index in [0.29, 0.717) is 5.95 Å². The largest absolute Gasteiger partial charge is 0.514 e. The van der Waals surface area contributed by atoms with Crippen LogP contribution in [0.15, 0.2) is 11.6 Å². The van der Waals surface area contributed by atoms with E-state index >= 15 is 0 Å². The predicted molar refractivity (Wildman–Crippen MR) is 31.4 cm³/mol. The minimum absolute atomic E-state index is 0.468. The lowest BCUT2D eigenvalue weighted by Gasteiger charge is -1.72. The Hall–Kier alpha value is -1.37. The van der Waals surface area contributed by atoms with Crippen molar-refractivity contribution in [2.75, 3.05) is 0 Å². The van der Waals surface area contributed by atoms with Gasteiger partial charge in [-0.15, -0.1) is 5.10 Å². The fraction of sp³-hybridized carbons (Fsp3) is 0. The molecule has 0 fully saturated rings. The third-order valence-electron chi connectivity index (χ3n) is 0.898. The van der Waals surface area contributed by atoms with Crippen molar-refractivity contribution in [2.45, 2.75) is 0 Å². The smallest absolute Gasteiger partial charge is 0.101 e. The summed E-state index contributed by atoms with van der Waals surface area (Å²) in [6, 6.07) is 0. The number of hydrogen-bond acceptors (Lipinski definition) is 5. The molecule has 0 unspecified atom stereocenters. The molecule has 7 heteroatoms. The topological polar surface area (TPSA) is 71.2 Å². The molecule has 0 radical (unpaired) electrons. The lowest BCUT2D eigenvalue weighted by molar-refractivity contribution is -0.596. The van der Waals surface area contributed by atoms with Crippen LogP contribution in [0.2, 0.25) is 0 Å². The van der Waals surface area contributed by atoms with Gasteiger partial charge in [-0.1, -0.05) is 5.21 Å². The van der Waals surface area contributed by atoms with E-state index in [1.807, 2.05) is 5.38 Å². The first-order valence-corrected chi connectivity index (χ1v) is 3.36. The first kappa shape index (κ1) is 5.42. The van der Waals surface area contributed by atoms with E-state index in [1.54, 1.807) is 10.3 Å². The van der Waals surface area contributed by atoms with Gasteiger partial charge in [0.25, 0.3) is 0 Å². The van der Waals surface area contributed by atoms with Crippen LogP contribution in [0.1, 0.15) is 0 Å². The SMILES string of the molecule is c1cs[n+](-c2nn[nH]n2)n1. The molecule has 2 rings (SSSR count). The second-order valence-corrected chi connectivity index (χ2v) is 2.32. The van der Waals surface area contributed by atoms with Gasteiger partial charge < -0.3 is 0 Å². The van der Waals surface area contributed by atoms with Gasteiger partial charge in [0.1, 0.15) is 0 Å². The average molecular weight is 155 g/mol. The maximum Gasteiger partial charge on any atom is 0.514 e. The summed E-state index contributed by atoms with van der Waals surface area (Å²) in [5, 5.41) is 18.9. The fourth-order valence-corrected chi connectivity index (χ4v) is 1.04. The number of nitrogens with one attached hydrogen (secondary N) is 1. The monoisotopic (exact) mass is 155 g/mol. The molecule has 0 saturated carbocycles. The van der Waals surface area contributed by atoms with Gasteiger partial charge in [0, 0.05) is 27.2 Å². The Labute approximate surface area is 59.7 Å². The van der Waals surface area contributed by atoms with Gasteiger partial charge in [-0.25, -0.2) is 0 Å². The van der Waals surface area contributed by atoms with Crippen molar-refractivity contribution in [3.05, 3.63) is 11.6 Å². The molecule has 0 aliphatic heterocycles. The number of hydrogen-bond donors (Lipinski definition) is 1. The van der Waals surface area contributed by atoms with Gasteiger partial charge in [-0.3, -0.25) is 0 Å². The quantitative estimate of drug-likeness (QED) is 0.532. The van der Waals surface area contributed by atoms with E-state index in [2.05, 4.69) is 25.7 Å². The van der Waals surface area contributed by atoms with Gasteiger partial charge >= 0.3 is 5.95 Å². The molecule has 0 saturated heterocycles. The molecule has 6 nitrogen and oxygen atoms in total. The third-order valence-corrected chi connectivity index (χ3v) is 1.60. The van der Waals surface area contributed by atoms with Crippen LogP contribution in [0.5, 0.6) is 0 Å². The molecule has 0 aliphatic rings. The number of rotatable bonds is 1. The number of H-pyrrole nitrogens is 1. The van der Waals surface area contributed by atoms with Gasteiger partial charge in [0.15, 0.2) is 0 Å². The highest BCUT2D eigenvalue weighted by molar-refractivity contribution is 6.99. The van der Waals surface area contributed by atoms with Crippen LogP contribution in [-0.4, -0.2) is 25.7 Å². The Bertz CT molecular complexity index is 252. The van der Waals surface area contributed by atoms with Crippen molar-refractivity contribution in [1.29, 1.82) is 0 Å². The minimum atomic E-state index is 0.468. The summed E-state index contributed by atoms with van der Waals surface area (Å²) in [4.78, 5) is 0. The van der Waals surface area contributed by atoms with E-state index in [-0.39, 0.29) is 0 Å². The van der Waals surface area contributed by atoms with Crippen LogP contribution in [-0.2, 0) is 0 Å². The summed E-state index contributed by atoms with van der Waals surface area (Å²) in [6.45, 7) is 0. The van der Waals surface area contributed by atoms with Crippen LogP contribution in [0.4, 0.5) is 0 Å². The van der Waals surface area contributed by atoms with Crippen LogP contribution >= 0.6 is 11.5 Å².